The first-order valence-corrected chi connectivity index (χ1v) is 11.2. The fraction of sp³-hybridized carbons (Fsp3) is 0.231. The van der Waals surface area contributed by atoms with E-state index in [-0.39, 0.29) is 5.82 Å². The fourth-order valence-corrected chi connectivity index (χ4v) is 3.98. The number of rotatable bonds is 10. The lowest BCUT2D eigenvalue weighted by atomic mass is 10.0. The van der Waals surface area contributed by atoms with E-state index < -0.39 is 12.0 Å². The molecule has 0 saturated carbocycles. The minimum atomic E-state index is -0.951. The van der Waals surface area contributed by atoms with E-state index in [0.717, 1.165) is 28.1 Å². The molecule has 2 aromatic carbocycles. The van der Waals surface area contributed by atoms with Gasteiger partial charge in [-0.15, -0.1) is 0 Å². The highest BCUT2D eigenvalue weighted by atomic mass is 19.1. The van der Waals surface area contributed by atoms with Gasteiger partial charge in [0.2, 0.25) is 0 Å². The first kappa shape index (κ1) is 23.1. The van der Waals surface area contributed by atoms with Crippen LogP contribution in [0.1, 0.15) is 29.3 Å². The van der Waals surface area contributed by atoms with E-state index in [1.54, 1.807) is 19.3 Å². The van der Waals surface area contributed by atoms with Crippen LogP contribution in [-0.2, 0) is 24.2 Å². The van der Waals surface area contributed by atoms with Crippen LogP contribution in [0.25, 0.3) is 11.3 Å². The van der Waals surface area contributed by atoms with Crippen molar-refractivity contribution in [1.29, 1.82) is 0 Å². The highest BCUT2D eigenvalue weighted by Crippen LogP contribution is 2.25. The second-order valence-corrected chi connectivity index (χ2v) is 8.24. The number of hydrogen-bond acceptors (Lipinski definition) is 4. The van der Waals surface area contributed by atoms with E-state index >= 15 is 0 Å². The molecule has 0 aliphatic heterocycles. The third-order valence-electron chi connectivity index (χ3n) is 5.78. The van der Waals surface area contributed by atoms with Gasteiger partial charge in [0.05, 0.1) is 6.54 Å². The summed E-state index contributed by atoms with van der Waals surface area (Å²) in [6.07, 6.45) is 4.37. The van der Waals surface area contributed by atoms with Crippen molar-refractivity contribution in [3.8, 4) is 11.3 Å². The van der Waals surface area contributed by atoms with Crippen LogP contribution < -0.4 is 10.6 Å². The number of halogens is 1. The molecule has 0 amide bonds. The average molecular weight is 462 g/mol. The van der Waals surface area contributed by atoms with E-state index in [0.29, 0.717) is 36.6 Å². The van der Waals surface area contributed by atoms with Gasteiger partial charge in [0.25, 0.3) is 0 Å². The Morgan fingerprint density at radius 2 is 1.97 bits per heavy atom. The van der Waals surface area contributed by atoms with E-state index in [2.05, 4.69) is 25.6 Å². The van der Waals surface area contributed by atoms with Crippen LogP contribution in [0, 0.1) is 12.7 Å². The third kappa shape index (κ3) is 5.46. The van der Waals surface area contributed by atoms with Crippen molar-refractivity contribution < 1.29 is 14.3 Å². The van der Waals surface area contributed by atoms with Gasteiger partial charge in [-0.25, -0.2) is 14.2 Å². The average Bonchev–Trinajstić information content (AvgIpc) is 3.51. The molecule has 0 radical (unpaired) electrons. The standard InChI is InChI=1S/C26H28FN5O2/c1-3-18-14-20(27)12-16(2)24(18)32-23(25(33)34)13-17-4-6-19(7-5-17)22-9-8-21(31-22)15-30-26-28-10-11-29-26/h4-12,14,23,31-32H,3,13,15H2,1-2H3,(H,33,34)(H2,28,29,30). The van der Waals surface area contributed by atoms with Crippen LogP contribution >= 0.6 is 0 Å². The van der Waals surface area contributed by atoms with Gasteiger partial charge in [-0.3, -0.25) is 0 Å². The number of aryl methyl sites for hydroxylation is 2. The van der Waals surface area contributed by atoms with Crippen LogP contribution in [0.4, 0.5) is 16.0 Å². The molecule has 4 aromatic rings. The van der Waals surface area contributed by atoms with Crippen LogP contribution in [0.3, 0.4) is 0 Å². The molecule has 0 fully saturated rings. The van der Waals surface area contributed by atoms with Gasteiger partial charge in [0.1, 0.15) is 11.9 Å². The maximum Gasteiger partial charge on any atom is 0.326 e. The second kappa shape index (κ2) is 10.2. The summed E-state index contributed by atoms with van der Waals surface area (Å²) in [5.74, 6) is -0.552. The molecule has 0 bridgehead atoms. The Balaban J connectivity index is 1.43. The lowest BCUT2D eigenvalue weighted by molar-refractivity contribution is -0.137. The van der Waals surface area contributed by atoms with E-state index in [4.69, 9.17) is 0 Å². The fourth-order valence-electron chi connectivity index (χ4n) is 3.98. The van der Waals surface area contributed by atoms with Crippen molar-refractivity contribution in [3.05, 3.63) is 89.1 Å². The monoisotopic (exact) mass is 461 g/mol. The van der Waals surface area contributed by atoms with Crippen molar-refractivity contribution in [2.45, 2.75) is 39.3 Å². The largest absolute Gasteiger partial charge is 0.480 e. The number of aliphatic carboxylic acids is 1. The molecule has 7 nitrogen and oxygen atoms in total. The summed E-state index contributed by atoms with van der Waals surface area (Å²) < 4.78 is 13.8. The van der Waals surface area contributed by atoms with Gasteiger partial charge in [-0.2, -0.15) is 0 Å². The Kier molecular flexibility index (Phi) is 6.96. The molecule has 5 N–H and O–H groups in total. The van der Waals surface area contributed by atoms with Crippen molar-refractivity contribution in [2.75, 3.05) is 10.6 Å². The van der Waals surface area contributed by atoms with Gasteiger partial charge in [-0.05, 0) is 59.9 Å². The number of carboxylic acid groups (broad SMARTS) is 1. The summed E-state index contributed by atoms with van der Waals surface area (Å²) in [4.78, 5) is 22.5. The molecule has 0 spiro atoms. The maximum atomic E-state index is 13.8. The molecule has 1 unspecified atom stereocenters. The van der Waals surface area contributed by atoms with Crippen molar-refractivity contribution in [3.63, 3.8) is 0 Å². The van der Waals surface area contributed by atoms with Crippen LogP contribution in [0.15, 0.2) is 60.9 Å². The minimum absolute atomic E-state index is 0.304. The zero-order chi connectivity index (χ0) is 24.1. The Labute approximate surface area is 197 Å². The molecule has 176 valence electrons. The molecule has 34 heavy (non-hydrogen) atoms. The highest BCUT2D eigenvalue weighted by molar-refractivity contribution is 5.79. The Morgan fingerprint density at radius 3 is 2.65 bits per heavy atom. The Bertz CT molecular complexity index is 1250. The first-order chi connectivity index (χ1) is 16.4. The number of anilines is 2. The Morgan fingerprint density at radius 1 is 1.18 bits per heavy atom. The predicted molar refractivity (Wildman–Crippen MR) is 131 cm³/mol. The number of imidazole rings is 1. The molecule has 0 aliphatic rings. The van der Waals surface area contributed by atoms with Crippen molar-refractivity contribution in [2.24, 2.45) is 0 Å². The smallest absolute Gasteiger partial charge is 0.326 e. The van der Waals surface area contributed by atoms with E-state index in [9.17, 15) is 14.3 Å². The SMILES string of the molecule is CCc1cc(F)cc(C)c1NC(Cc1ccc(-c2ccc(CNc3ncc[nH]3)[nH]2)cc1)C(=O)O. The van der Waals surface area contributed by atoms with Crippen molar-refractivity contribution >= 4 is 17.6 Å². The summed E-state index contributed by atoms with van der Waals surface area (Å²) in [6, 6.07) is 13.9. The lowest BCUT2D eigenvalue weighted by Gasteiger charge is -2.20. The predicted octanol–water partition coefficient (Wildman–Crippen LogP) is 5.13. The number of carboxylic acids is 1. The van der Waals surface area contributed by atoms with Gasteiger partial charge in [-0.1, -0.05) is 31.2 Å². The summed E-state index contributed by atoms with van der Waals surface area (Å²) in [6.45, 7) is 4.32. The molecular formula is C26H28FN5O2. The number of benzene rings is 2. The minimum Gasteiger partial charge on any atom is -0.480 e. The zero-order valence-corrected chi connectivity index (χ0v) is 19.2. The summed E-state index contributed by atoms with van der Waals surface area (Å²) in [7, 11) is 0. The number of carbonyl (C=O) groups is 1. The highest BCUT2D eigenvalue weighted by Gasteiger charge is 2.20. The number of aromatic amines is 2. The number of hydrogen-bond donors (Lipinski definition) is 5. The lowest BCUT2D eigenvalue weighted by Crippen LogP contribution is -2.32. The van der Waals surface area contributed by atoms with Crippen LogP contribution in [-0.4, -0.2) is 32.1 Å². The molecule has 0 saturated heterocycles. The number of nitrogens with one attached hydrogen (secondary N) is 4. The summed E-state index contributed by atoms with van der Waals surface area (Å²) in [5, 5.41) is 16.1. The van der Waals surface area contributed by atoms with Gasteiger partial charge < -0.3 is 25.7 Å². The van der Waals surface area contributed by atoms with E-state index in [1.807, 2.05) is 43.3 Å². The van der Waals surface area contributed by atoms with Gasteiger partial charge in [0, 0.05) is 35.9 Å². The number of nitrogens with zero attached hydrogens (tertiary/aromatic N) is 1. The third-order valence-corrected chi connectivity index (χ3v) is 5.78. The second-order valence-electron chi connectivity index (χ2n) is 8.24. The zero-order valence-electron chi connectivity index (χ0n) is 19.2. The molecular weight excluding hydrogens is 433 g/mol. The molecule has 1 atom stereocenters. The summed E-state index contributed by atoms with van der Waals surface area (Å²) in [5.41, 5.74) is 6.06. The number of aromatic nitrogens is 3. The normalized spacial score (nSPS) is 11.9. The van der Waals surface area contributed by atoms with Gasteiger partial charge in [0.15, 0.2) is 5.95 Å². The topological polar surface area (TPSA) is 106 Å². The van der Waals surface area contributed by atoms with Crippen LogP contribution in [0.5, 0.6) is 0 Å². The molecule has 2 aromatic heterocycles. The molecule has 0 aliphatic carbocycles. The molecule has 4 rings (SSSR count). The maximum absolute atomic E-state index is 13.8. The number of H-pyrrole nitrogens is 2. The quantitative estimate of drug-likeness (QED) is 0.225. The first-order valence-electron chi connectivity index (χ1n) is 11.2. The summed E-state index contributed by atoms with van der Waals surface area (Å²) >= 11 is 0. The molecule has 2 heterocycles. The van der Waals surface area contributed by atoms with Gasteiger partial charge >= 0.3 is 5.97 Å². The van der Waals surface area contributed by atoms with Crippen molar-refractivity contribution in [1.82, 2.24) is 15.0 Å². The van der Waals surface area contributed by atoms with E-state index in [1.165, 1.54) is 12.1 Å². The Hall–Kier alpha value is -4.07. The molecule has 8 heteroatoms. The van der Waals surface area contributed by atoms with Crippen LogP contribution in [0.2, 0.25) is 0 Å².